The van der Waals surface area contributed by atoms with Crippen LogP contribution < -0.4 is 15.2 Å². The van der Waals surface area contributed by atoms with Gasteiger partial charge in [-0.1, -0.05) is 33.1 Å². The van der Waals surface area contributed by atoms with E-state index in [-0.39, 0.29) is 0 Å². The average molecular weight is 279 g/mol. The molecule has 1 aromatic rings. The van der Waals surface area contributed by atoms with Gasteiger partial charge in [-0.2, -0.15) is 0 Å². The monoisotopic (exact) mass is 279 g/mol. The summed E-state index contributed by atoms with van der Waals surface area (Å²) in [5.41, 5.74) is 6.81. The van der Waals surface area contributed by atoms with E-state index in [4.69, 9.17) is 15.2 Å². The van der Waals surface area contributed by atoms with Gasteiger partial charge in [-0.05, 0) is 49.1 Å². The molecular formula is C17H29NO2. The highest BCUT2D eigenvalue weighted by Gasteiger charge is 2.10. The van der Waals surface area contributed by atoms with Crippen molar-refractivity contribution >= 4 is 0 Å². The molecule has 114 valence electrons. The Labute approximate surface area is 123 Å². The van der Waals surface area contributed by atoms with E-state index in [1.54, 1.807) is 7.11 Å². The number of hydrogen-bond acceptors (Lipinski definition) is 3. The van der Waals surface area contributed by atoms with Gasteiger partial charge in [0.1, 0.15) is 11.5 Å². The van der Waals surface area contributed by atoms with Crippen molar-refractivity contribution in [2.45, 2.75) is 46.0 Å². The Morgan fingerprint density at radius 3 is 2.65 bits per heavy atom. The molecule has 0 aliphatic rings. The average Bonchev–Trinajstić information content (AvgIpc) is 2.48. The maximum absolute atomic E-state index is 6.03. The molecule has 1 rings (SSSR count). The molecule has 0 heterocycles. The van der Waals surface area contributed by atoms with Crippen molar-refractivity contribution < 1.29 is 9.47 Å². The van der Waals surface area contributed by atoms with E-state index in [1.165, 1.54) is 25.7 Å². The van der Waals surface area contributed by atoms with Crippen LogP contribution >= 0.6 is 0 Å². The first kappa shape index (κ1) is 16.8. The molecule has 0 fully saturated rings. The van der Waals surface area contributed by atoms with Gasteiger partial charge in [0.15, 0.2) is 0 Å². The summed E-state index contributed by atoms with van der Waals surface area (Å²) >= 11 is 0. The van der Waals surface area contributed by atoms with Gasteiger partial charge in [0.2, 0.25) is 0 Å². The van der Waals surface area contributed by atoms with Crippen molar-refractivity contribution in [1.29, 1.82) is 0 Å². The minimum atomic E-state index is 0.622. The van der Waals surface area contributed by atoms with E-state index >= 15 is 0 Å². The topological polar surface area (TPSA) is 44.5 Å². The van der Waals surface area contributed by atoms with E-state index in [2.05, 4.69) is 13.8 Å². The summed E-state index contributed by atoms with van der Waals surface area (Å²) in [5, 5.41) is 0. The molecule has 1 atom stereocenters. The second kappa shape index (κ2) is 9.65. The minimum Gasteiger partial charge on any atom is -0.497 e. The Kier molecular flexibility index (Phi) is 8.12. The molecule has 0 amide bonds. The van der Waals surface area contributed by atoms with E-state index in [9.17, 15) is 0 Å². The molecule has 1 aromatic carbocycles. The second-order valence-corrected chi connectivity index (χ2v) is 5.24. The number of unbranched alkanes of at least 4 members (excludes halogenated alkanes) is 1. The first-order chi connectivity index (χ1) is 9.74. The number of hydrogen-bond donors (Lipinski definition) is 1. The molecule has 3 heteroatoms. The Morgan fingerprint density at radius 1 is 1.25 bits per heavy atom. The summed E-state index contributed by atoms with van der Waals surface area (Å²) < 4.78 is 11.3. The quantitative estimate of drug-likeness (QED) is 0.708. The van der Waals surface area contributed by atoms with E-state index in [0.717, 1.165) is 30.1 Å². The highest BCUT2D eigenvalue weighted by Crippen LogP contribution is 2.25. The molecule has 0 spiro atoms. The minimum absolute atomic E-state index is 0.622. The molecule has 0 aliphatic carbocycles. The van der Waals surface area contributed by atoms with Crippen LogP contribution in [0.5, 0.6) is 11.5 Å². The van der Waals surface area contributed by atoms with Gasteiger partial charge < -0.3 is 15.2 Å². The van der Waals surface area contributed by atoms with Crippen LogP contribution in [0.4, 0.5) is 0 Å². The lowest BCUT2D eigenvalue weighted by Gasteiger charge is -2.18. The third-order valence-corrected chi connectivity index (χ3v) is 3.70. The second-order valence-electron chi connectivity index (χ2n) is 5.24. The Bertz CT molecular complexity index is 379. The first-order valence-corrected chi connectivity index (χ1v) is 7.74. The van der Waals surface area contributed by atoms with E-state index in [1.807, 2.05) is 18.2 Å². The normalized spacial score (nSPS) is 12.2. The van der Waals surface area contributed by atoms with Crippen molar-refractivity contribution in [2.75, 3.05) is 20.3 Å². The highest BCUT2D eigenvalue weighted by atomic mass is 16.5. The number of benzene rings is 1. The van der Waals surface area contributed by atoms with E-state index in [0.29, 0.717) is 12.5 Å². The fourth-order valence-electron chi connectivity index (χ4n) is 2.28. The third-order valence-electron chi connectivity index (χ3n) is 3.70. The maximum Gasteiger partial charge on any atom is 0.122 e. The first-order valence-electron chi connectivity index (χ1n) is 7.74. The molecule has 0 bridgehead atoms. The van der Waals surface area contributed by atoms with Crippen molar-refractivity contribution in [2.24, 2.45) is 11.7 Å². The molecule has 2 N–H and O–H groups in total. The van der Waals surface area contributed by atoms with Crippen LogP contribution in [-0.4, -0.2) is 20.3 Å². The van der Waals surface area contributed by atoms with Crippen molar-refractivity contribution in [3.63, 3.8) is 0 Å². The molecule has 20 heavy (non-hydrogen) atoms. The van der Waals surface area contributed by atoms with Gasteiger partial charge in [-0.15, -0.1) is 0 Å². The van der Waals surface area contributed by atoms with Crippen LogP contribution in [0, 0.1) is 5.92 Å². The van der Waals surface area contributed by atoms with Crippen LogP contribution in [0.1, 0.15) is 45.1 Å². The molecule has 3 nitrogen and oxygen atoms in total. The van der Waals surface area contributed by atoms with Gasteiger partial charge in [0, 0.05) is 0 Å². The SMILES string of the molecule is CCCCC(CC)COc1ccc(OC)cc1CCN. The number of rotatable bonds is 10. The molecule has 0 saturated heterocycles. The number of nitrogens with two attached hydrogens (primary N) is 1. The van der Waals surface area contributed by atoms with Gasteiger partial charge in [-0.3, -0.25) is 0 Å². The van der Waals surface area contributed by atoms with Crippen LogP contribution in [-0.2, 0) is 6.42 Å². The summed E-state index contributed by atoms with van der Waals surface area (Å²) in [7, 11) is 1.68. The van der Waals surface area contributed by atoms with Crippen LogP contribution in [0.3, 0.4) is 0 Å². The molecular weight excluding hydrogens is 250 g/mol. The largest absolute Gasteiger partial charge is 0.497 e. The van der Waals surface area contributed by atoms with Crippen molar-refractivity contribution in [1.82, 2.24) is 0 Å². The molecule has 0 saturated carbocycles. The summed E-state index contributed by atoms with van der Waals surface area (Å²) in [5.74, 6) is 2.45. The molecule has 0 radical (unpaired) electrons. The highest BCUT2D eigenvalue weighted by molar-refractivity contribution is 5.40. The summed E-state index contributed by atoms with van der Waals surface area (Å²) in [4.78, 5) is 0. The summed E-state index contributed by atoms with van der Waals surface area (Å²) in [6.07, 6.45) is 5.76. The summed E-state index contributed by atoms with van der Waals surface area (Å²) in [6.45, 7) is 5.88. The van der Waals surface area contributed by atoms with Crippen molar-refractivity contribution in [3.05, 3.63) is 23.8 Å². The zero-order valence-electron chi connectivity index (χ0n) is 13.2. The van der Waals surface area contributed by atoms with Crippen LogP contribution in [0.15, 0.2) is 18.2 Å². The van der Waals surface area contributed by atoms with Gasteiger partial charge in [-0.25, -0.2) is 0 Å². The zero-order chi connectivity index (χ0) is 14.8. The molecule has 0 aromatic heterocycles. The van der Waals surface area contributed by atoms with Crippen LogP contribution in [0.2, 0.25) is 0 Å². The third kappa shape index (κ3) is 5.41. The van der Waals surface area contributed by atoms with Gasteiger partial charge >= 0.3 is 0 Å². The van der Waals surface area contributed by atoms with Crippen molar-refractivity contribution in [3.8, 4) is 11.5 Å². The number of methoxy groups -OCH3 is 1. The summed E-state index contributed by atoms with van der Waals surface area (Å²) in [6, 6.07) is 5.97. The Balaban J connectivity index is 2.65. The standard InChI is InChI=1S/C17H29NO2/c1-4-6-7-14(5-2)13-20-17-9-8-16(19-3)12-15(17)10-11-18/h8-9,12,14H,4-7,10-11,13,18H2,1-3H3. The Hall–Kier alpha value is -1.22. The zero-order valence-corrected chi connectivity index (χ0v) is 13.2. The van der Waals surface area contributed by atoms with Gasteiger partial charge in [0.25, 0.3) is 0 Å². The Morgan fingerprint density at radius 2 is 2.05 bits per heavy atom. The fourth-order valence-corrected chi connectivity index (χ4v) is 2.28. The lowest BCUT2D eigenvalue weighted by Crippen LogP contribution is -2.13. The van der Waals surface area contributed by atoms with E-state index < -0.39 is 0 Å². The fraction of sp³-hybridized carbons (Fsp3) is 0.647. The molecule has 1 unspecified atom stereocenters. The van der Waals surface area contributed by atoms with Gasteiger partial charge in [0.05, 0.1) is 13.7 Å². The predicted molar refractivity (Wildman–Crippen MR) is 84.6 cm³/mol. The molecule has 0 aliphatic heterocycles. The maximum atomic E-state index is 6.03. The smallest absolute Gasteiger partial charge is 0.122 e. The predicted octanol–water partition coefficient (Wildman–Crippen LogP) is 3.79. The lowest BCUT2D eigenvalue weighted by molar-refractivity contribution is 0.231. The lowest BCUT2D eigenvalue weighted by atomic mass is 10.0. The number of ether oxygens (including phenoxy) is 2. The van der Waals surface area contributed by atoms with Crippen LogP contribution in [0.25, 0.3) is 0 Å².